The molecule has 1 rings (SSSR count). The molecule has 1 saturated heterocycles. The summed E-state index contributed by atoms with van der Waals surface area (Å²) >= 11 is 5.76. The van der Waals surface area contributed by atoms with E-state index in [1.54, 1.807) is 0 Å². The molecule has 0 aromatic rings. The topological polar surface area (TPSA) is 6.48 Å². The van der Waals surface area contributed by atoms with E-state index in [1.165, 1.54) is 26.1 Å². The Morgan fingerprint density at radius 2 is 1.75 bits per heavy atom. The van der Waals surface area contributed by atoms with E-state index < -0.39 is 0 Å². The molecule has 0 aromatic carbocycles. The third-order valence-corrected chi connectivity index (χ3v) is 4.19. The highest BCUT2D eigenvalue weighted by Crippen LogP contribution is 2.16. The highest BCUT2D eigenvalue weighted by molar-refractivity contribution is 6.17. The van der Waals surface area contributed by atoms with Gasteiger partial charge >= 0.3 is 0 Å². The first-order valence-electron chi connectivity index (χ1n) is 6.54. The van der Waals surface area contributed by atoms with Crippen molar-refractivity contribution in [2.24, 2.45) is 5.92 Å². The lowest BCUT2D eigenvalue weighted by Gasteiger charge is -2.42. The van der Waals surface area contributed by atoms with Gasteiger partial charge in [-0.3, -0.25) is 4.90 Å². The zero-order chi connectivity index (χ0) is 12.1. The summed E-state index contributed by atoms with van der Waals surface area (Å²) in [6.45, 7) is 10.6. The number of nitrogens with zero attached hydrogens (tertiary/aromatic N) is 2. The van der Waals surface area contributed by atoms with Crippen LogP contribution in [0.1, 0.15) is 33.6 Å². The van der Waals surface area contributed by atoms with E-state index in [2.05, 4.69) is 37.6 Å². The molecule has 0 N–H and O–H groups in total. The first-order valence-corrected chi connectivity index (χ1v) is 7.08. The molecule has 16 heavy (non-hydrogen) atoms. The van der Waals surface area contributed by atoms with Gasteiger partial charge in [0.2, 0.25) is 0 Å². The summed E-state index contributed by atoms with van der Waals surface area (Å²) in [6, 6.07) is 1.37. The fraction of sp³-hybridized carbons (Fsp3) is 1.00. The summed E-state index contributed by atoms with van der Waals surface area (Å²) in [5.74, 6) is 1.57. The van der Waals surface area contributed by atoms with E-state index in [4.69, 9.17) is 11.6 Å². The van der Waals surface area contributed by atoms with Gasteiger partial charge in [-0.1, -0.05) is 6.92 Å². The van der Waals surface area contributed by atoms with Crippen molar-refractivity contribution in [2.75, 3.05) is 32.6 Å². The highest BCUT2D eigenvalue weighted by atomic mass is 35.5. The molecule has 0 aliphatic carbocycles. The molecule has 0 saturated carbocycles. The van der Waals surface area contributed by atoms with Crippen LogP contribution in [0.5, 0.6) is 0 Å². The number of hydrogen-bond donors (Lipinski definition) is 0. The molecule has 0 radical (unpaired) electrons. The number of rotatable bonds is 5. The summed E-state index contributed by atoms with van der Waals surface area (Å²) in [6.07, 6.45) is 2.44. The van der Waals surface area contributed by atoms with Crippen LogP contribution in [-0.4, -0.2) is 54.4 Å². The number of alkyl halides is 1. The van der Waals surface area contributed by atoms with Crippen molar-refractivity contribution in [3.63, 3.8) is 0 Å². The van der Waals surface area contributed by atoms with Crippen LogP contribution in [0.2, 0.25) is 0 Å². The number of hydrogen-bond acceptors (Lipinski definition) is 2. The summed E-state index contributed by atoms with van der Waals surface area (Å²) in [7, 11) is 2.24. The third kappa shape index (κ3) is 4.23. The average molecular weight is 247 g/mol. The predicted molar refractivity (Wildman–Crippen MR) is 72.2 cm³/mol. The van der Waals surface area contributed by atoms with Gasteiger partial charge < -0.3 is 4.90 Å². The van der Waals surface area contributed by atoms with Crippen molar-refractivity contribution in [3.05, 3.63) is 0 Å². The fourth-order valence-electron chi connectivity index (χ4n) is 2.43. The molecule has 1 aliphatic rings. The zero-order valence-corrected chi connectivity index (χ0v) is 12.0. The Kier molecular flexibility index (Phi) is 6.09. The lowest BCUT2D eigenvalue weighted by molar-refractivity contribution is 0.0571. The Bertz CT molecular complexity index is 186. The summed E-state index contributed by atoms with van der Waals surface area (Å²) in [4.78, 5) is 5.10. The summed E-state index contributed by atoms with van der Waals surface area (Å²) < 4.78 is 0. The monoisotopic (exact) mass is 246 g/mol. The first-order chi connectivity index (χ1) is 7.54. The Morgan fingerprint density at radius 1 is 1.19 bits per heavy atom. The van der Waals surface area contributed by atoms with Crippen molar-refractivity contribution in [1.82, 2.24) is 9.80 Å². The molecule has 1 fully saturated rings. The van der Waals surface area contributed by atoms with E-state index in [1.807, 2.05) is 0 Å². The van der Waals surface area contributed by atoms with Crippen molar-refractivity contribution >= 4 is 11.6 Å². The number of halogens is 1. The van der Waals surface area contributed by atoms with Crippen LogP contribution in [0.4, 0.5) is 0 Å². The second kappa shape index (κ2) is 6.83. The van der Waals surface area contributed by atoms with Crippen molar-refractivity contribution in [3.8, 4) is 0 Å². The lowest BCUT2D eigenvalue weighted by Crippen LogP contribution is -2.55. The number of piperazine rings is 1. The van der Waals surface area contributed by atoms with Crippen LogP contribution in [0.15, 0.2) is 0 Å². The van der Waals surface area contributed by atoms with Gasteiger partial charge in [-0.2, -0.15) is 0 Å². The van der Waals surface area contributed by atoms with E-state index in [9.17, 15) is 0 Å². The highest BCUT2D eigenvalue weighted by Gasteiger charge is 2.26. The average Bonchev–Trinajstić information content (AvgIpc) is 2.23. The summed E-state index contributed by atoms with van der Waals surface area (Å²) in [5, 5.41) is 0. The fourth-order valence-corrected chi connectivity index (χ4v) is 2.80. The molecule has 0 amide bonds. The molecule has 0 aromatic heterocycles. The zero-order valence-electron chi connectivity index (χ0n) is 11.2. The van der Waals surface area contributed by atoms with Crippen LogP contribution in [0.3, 0.4) is 0 Å². The second-order valence-electron chi connectivity index (χ2n) is 5.49. The molecule has 1 aliphatic heterocycles. The largest absolute Gasteiger partial charge is 0.300 e. The smallest absolute Gasteiger partial charge is 0.0225 e. The normalized spacial score (nSPS) is 30.6. The first kappa shape index (κ1) is 14.3. The van der Waals surface area contributed by atoms with Crippen LogP contribution in [-0.2, 0) is 0 Å². The van der Waals surface area contributed by atoms with Crippen LogP contribution in [0, 0.1) is 5.92 Å². The molecule has 1 heterocycles. The van der Waals surface area contributed by atoms with E-state index in [-0.39, 0.29) is 0 Å². The molecular formula is C13H27ClN2. The Labute approximate surface area is 106 Å². The minimum absolute atomic E-state index is 0.687. The van der Waals surface area contributed by atoms with Gasteiger partial charge in [0.25, 0.3) is 0 Å². The molecule has 0 spiro atoms. The molecule has 3 atom stereocenters. The molecule has 3 unspecified atom stereocenters. The SMILES string of the molecule is CC(CCCl)CCN1CC(C)N(C)C(C)C1. The van der Waals surface area contributed by atoms with Gasteiger partial charge in [0.05, 0.1) is 0 Å². The maximum absolute atomic E-state index is 5.76. The Balaban J connectivity index is 2.28. The van der Waals surface area contributed by atoms with E-state index >= 15 is 0 Å². The third-order valence-electron chi connectivity index (χ3n) is 3.98. The molecule has 3 heteroatoms. The summed E-state index contributed by atoms with van der Waals surface area (Å²) in [5.41, 5.74) is 0. The predicted octanol–water partition coefficient (Wildman–Crippen LogP) is 2.67. The van der Waals surface area contributed by atoms with Crippen molar-refractivity contribution in [2.45, 2.75) is 45.7 Å². The molecule has 2 nitrogen and oxygen atoms in total. The second-order valence-corrected chi connectivity index (χ2v) is 5.87. The molecule has 0 bridgehead atoms. The van der Waals surface area contributed by atoms with Crippen LogP contribution < -0.4 is 0 Å². The van der Waals surface area contributed by atoms with Crippen molar-refractivity contribution < 1.29 is 0 Å². The minimum atomic E-state index is 0.687. The molecule has 96 valence electrons. The Morgan fingerprint density at radius 3 is 2.25 bits per heavy atom. The maximum Gasteiger partial charge on any atom is 0.0225 e. The van der Waals surface area contributed by atoms with Crippen molar-refractivity contribution in [1.29, 1.82) is 0 Å². The van der Waals surface area contributed by atoms with Crippen LogP contribution >= 0.6 is 11.6 Å². The van der Waals surface area contributed by atoms with Gasteiger partial charge in [0.1, 0.15) is 0 Å². The Hall–Kier alpha value is 0.210. The van der Waals surface area contributed by atoms with E-state index in [0.29, 0.717) is 12.1 Å². The van der Waals surface area contributed by atoms with Gasteiger partial charge in [-0.05, 0) is 46.2 Å². The minimum Gasteiger partial charge on any atom is -0.300 e. The van der Waals surface area contributed by atoms with Gasteiger partial charge in [0, 0.05) is 31.1 Å². The quantitative estimate of drug-likeness (QED) is 0.689. The lowest BCUT2D eigenvalue weighted by atomic mass is 10.0. The number of likely N-dealkylation sites (N-methyl/N-ethyl adjacent to an activating group) is 1. The van der Waals surface area contributed by atoms with Crippen LogP contribution in [0.25, 0.3) is 0 Å². The maximum atomic E-state index is 5.76. The van der Waals surface area contributed by atoms with Gasteiger partial charge in [-0.15, -0.1) is 11.6 Å². The van der Waals surface area contributed by atoms with Gasteiger partial charge in [0.15, 0.2) is 0 Å². The van der Waals surface area contributed by atoms with Gasteiger partial charge in [-0.25, -0.2) is 0 Å². The molecular weight excluding hydrogens is 220 g/mol. The standard InChI is InChI=1S/C13H27ClN2/c1-11(5-7-14)6-8-16-9-12(2)15(4)13(3)10-16/h11-13H,5-10H2,1-4H3. The van der Waals surface area contributed by atoms with E-state index in [0.717, 1.165) is 18.2 Å².